The molecule has 0 unspecified atom stereocenters. The third-order valence-corrected chi connectivity index (χ3v) is 4.46. The maximum absolute atomic E-state index is 6.06. The van der Waals surface area contributed by atoms with Crippen molar-refractivity contribution < 1.29 is 0 Å². The van der Waals surface area contributed by atoms with Gasteiger partial charge < -0.3 is 10.3 Å². The summed E-state index contributed by atoms with van der Waals surface area (Å²) in [4.78, 5) is 0. The van der Waals surface area contributed by atoms with E-state index in [0.717, 1.165) is 11.6 Å². The highest BCUT2D eigenvalue weighted by Crippen LogP contribution is 2.46. The molecule has 2 N–H and O–H groups in total. The van der Waals surface area contributed by atoms with Crippen molar-refractivity contribution in [1.29, 1.82) is 0 Å². The van der Waals surface area contributed by atoms with Gasteiger partial charge >= 0.3 is 0 Å². The minimum Gasteiger partial charge on any atom is -0.350 e. The van der Waals surface area contributed by atoms with Gasteiger partial charge in [0.05, 0.1) is 0 Å². The molecular formula is C14H17ClN2. The van der Waals surface area contributed by atoms with Gasteiger partial charge in [0, 0.05) is 41.1 Å². The standard InChI is InChI=1S/C14H17ClN2/c1-17-8-12(14(9-16)5-2-6-14)11-4-3-10(15)7-13(11)17/h3-4,7-8H,2,5-6,9,16H2,1H3. The Labute approximate surface area is 106 Å². The van der Waals surface area contributed by atoms with Crippen molar-refractivity contribution in [2.75, 3.05) is 6.54 Å². The van der Waals surface area contributed by atoms with Crippen LogP contribution in [0.3, 0.4) is 0 Å². The lowest BCUT2D eigenvalue weighted by atomic mass is 9.64. The number of aromatic nitrogens is 1. The van der Waals surface area contributed by atoms with E-state index >= 15 is 0 Å². The number of rotatable bonds is 2. The molecule has 0 atom stereocenters. The van der Waals surface area contributed by atoms with E-state index in [1.165, 1.54) is 35.7 Å². The normalized spacial score (nSPS) is 18.3. The Hall–Kier alpha value is -0.990. The van der Waals surface area contributed by atoms with Gasteiger partial charge in [0.25, 0.3) is 0 Å². The Morgan fingerprint density at radius 3 is 2.76 bits per heavy atom. The number of nitrogens with zero attached hydrogens (tertiary/aromatic N) is 1. The smallest absolute Gasteiger partial charge is 0.0495 e. The van der Waals surface area contributed by atoms with Crippen molar-refractivity contribution in [3.63, 3.8) is 0 Å². The van der Waals surface area contributed by atoms with E-state index in [9.17, 15) is 0 Å². The molecule has 0 bridgehead atoms. The first kappa shape index (κ1) is 11.1. The Balaban J connectivity index is 2.24. The molecule has 1 aliphatic carbocycles. The minimum atomic E-state index is 0.216. The number of benzene rings is 1. The van der Waals surface area contributed by atoms with E-state index in [2.05, 4.69) is 23.9 Å². The highest BCUT2D eigenvalue weighted by atomic mass is 35.5. The zero-order chi connectivity index (χ0) is 12.0. The molecule has 3 rings (SSSR count). The number of nitrogens with two attached hydrogens (primary N) is 1. The average Bonchev–Trinajstić information content (AvgIpc) is 2.56. The van der Waals surface area contributed by atoms with Crippen molar-refractivity contribution in [1.82, 2.24) is 4.57 Å². The van der Waals surface area contributed by atoms with Gasteiger partial charge in [0.2, 0.25) is 0 Å². The molecule has 0 saturated heterocycles. The minimum absolute atomic E-state index is 0.216. The van der Waals surface area contributed by atoms with Gasteiger partial charge in [-0.3, -0.25) is 0 Å². The van der Waals surface area contributed by atoms with E-state index in [4.69, 9.17) is 17.3 Å². The molecule has 0 aliphatic heterocycles. The highest BCUT2D eigenvalue weighted by Gasteiger charge is 2.39. The summed E-state index contributed by atoms with van der Waals surface area (Å²) in [5.41, 5.74) is 8.82. The fourth-order valence-electron chi connectivity index (χ4n) is 2.97. The van der Waals surface area contributed by atoms with Crippen LogP contribution in [0.25, 0.3) is 10.9 Å². The van der Waals surface area contributed by atoms with Crippen LogP contribution in [-0.2, 0) is 12.5 Å². The fraction of sp³-hybridized carbons (Fsp3) is 0.429. The lowest BCUT2D eigenvalue weighted by Crippen LogP contribution is -2.41. The fourth-order valence-corrected chi connectivity index (χ4v) is 3.13. The second-order valence-corrected chi connectivity index (χ2v) is 5.59. The van der Waals surface area contributed by atoms with Crippen LogP contribution in [-0.4, -0.2) is 11.1 Å². The Kier molecular flexibility index (Phi) is 2.46. The lowest BCUT2D eigenvalue weighted by Gasteiger charge is -2.41. The predicted molar refractivity (Wildman–Crippen MR) is 72.5 cm³/mol. The summed E-state index contributed by atoms with van der Waals surface area (Å²) in [7, 11) is 2.07. The van der Waals surface area contributed by atoms with Gasteiger partial charge in [-0.15, -0.1) is 0 Å². The Bertz CT molecular complexity index is 561. The number of aryl methyl sites for hydroxylation is 1. The van der Waals surface area contributed by atoms with Gasteiger partial charge in [0.15, 0.2) is 0 Å². The second kappa shape index (κ2) is 3.76. The van der Waals surface area contributed by atoms with E-state index < -0.39 is 0 Å². The molecule has 17 heavy (non-hydrogen) atoms. The molecule has 1 fully saturated rings. The van der Waals surface area contributed by atoms with E-state index in [1.54, 1.807) is 0 Å². The summed E-state index contributed by atoms with van der Waals surface area (Å²) in [6.45, 7) is 0.745. The third kappa shape index (κ3) is 1.51. The van der Waals surface area contributed by atoms with Gasteiger partial charge in [-0.2, -0.15) is 0 Å². The second-order valence-electron chi connectivity index (χ2n) is 5.15. The van der Waals surface area contributed by atoms with Crippen LogP contribution in [0.1, 0.15) is 24.8 Å². The molecule has 90 valence electrons. The van der Waals surface area contributed by atoms with Gasteiger partial charge in [-0.05, 0) is 30.5 Å². The molecule has 1 aromatic heterocycles. The Morgan fingerprint density at radius 2 is 2.18 bits per heavy atom. The summed E-state index contributed by atoms with van der Waals surface area (Å²) in [5, 5.41) is 2.10. The first-order chi connectivity index (χ1) is 8.16. The lowest BCUT2D eigenvalue weighted by molar-refractivity contribution is 0.255. The number of hydrogen-bond donors (Lipinski definition) is 1. The Morgan fingerprint density at radius 1 is 1.41 bits per heavy atom. The molecule has 1 aliphatic rings. The summed E-state index contributed by atoms with van der Waals surface area (Å²) in [5.74, 6) is 0. The first-order valence-electron chi connectivity index (χ1n) is 6.11. The van der Waals surface area contributed by atoms with Crippen molar-refractivity contribution in [3.8, 4) is 0 Å². The zero-order valence-electron chi connectivity index (χ0n) is 10.0. The maximum atomic E-state index is 6.06. The van der Waals surface area contributed by atoms with Crippen LogP contribution in [0.4, 0.5) is 0 Å². The van der Waals surface area contributed by atoms with Crippen LogP contribution >= 0.6 is 11.6 Å². The SMILES string of the molecule is Cn1cc(C2(CN)CCC2)c2ccc(Cl)cc21. The maximum Gasteiger partial charge on any atom is 0.0495 e. The first-order valence-corrected chi connectivity index (χ1v) is 6.49. The number of hydrogen-bond acceptors (Lipinski definition) is 1. The average molecular weight is 249 g/mol. The van der Waals surface area contributed by atoms with E-state index in [-0.39, 0.29) is 5.41 Å². The van der Waals surface area contributed by atoms with Crippen molar-refractivity contribution in [2.45, 2.75) is 24.7 Å². The molecule has 2 nitrogen and oxygen atoms in total. The summed E-state index contributed by atoms with van der Waals surface area (Å²) >= 11 is 6.06. The van der Waals surface area contributed by atoms with Crippen molar-refractivity contribution in [3.05, 3.63) is 35.0 Å². The number of fused-ring (bicyclic) bond motifs is 1. The predicted octanol–water partition coefficient (Wildman–Crippen LogP) is 3.21. The van der Waals surface area contributed by atoms with E-state index in [0.29, 0.717) is 0 Å². The van der Waals surface area contributed by atoms with Crippen LogP contribution in [0, 0.1) is 0 Å². The zero-order valence-corrected chi connectivity index (χ0v) is 10.8. The molecule has 1 saturated carbocycles. The summed E-state index contributed by atoms with van der Waals surface area (Å²) < 4.78 is 2.16. The monoisotopic (exact) mass is 248 g/mol. The molecule has 0 amide bonds. The van der Waals surface area contributed by atoms with Crippen molar-refractivity contribution in [2.24, 2.45) is 12.8 Å². The molecule has 1 aromatic carbocycles. The summed E-state index contributed by atoms with van der Waals surface area (Å²) in [6.07, 6.45) is 5.95. The highest BCUT2D eigenvalue weighted by molar-refractivity contribution is 6.31. The van der Waals surface area contributed by atoms with Gasteiger partial charge in [-0.25, -0.2) is 0 Å². The van der Waals surface area contributed by atoms with Crippen LogP contribution in [0.5, 0.6) is 0 Å². The van der Waals surface area contributed by atoms with Crippen LogP contribution in [0.15, 0.2) is 24.4 Å². The summed E-state index contributed by atoms with van der Waals surface area (Å²) in [6, 6.07) is 6.13. The molecule has 2 aromatic rings. The molecular weight excluding hydrogens is 232 g/mol. The largest absolute Gasteiger partial charge is 0.350 e. The van der Waals surface area contributed by atoms with Crippen molar-refractivity contribution >= 4 is 22.5 Å². The molecule has 0 spiro atoms. The third-order valence-electron chi connectivity index (χ3n) is 4.23. The topological polar surface area (TPSA) is 30.9 Å². The van der Waals surface area contributed by atoms with Gasteiger partial charge in [-0.1, -0.05) is 24.1 Å². The molecule has 3 heteroatoms. The number of halogens is 1. The van der Waals surface area contributed by atoms with Crippen LogP contribution in [0.2, 0.25) is 5.02 Å². The van der Waals surface area contributed by atoms with Gasteiger partial charge in [0.1, 0.15) is 0 Å². The van der Waals surface area contributed by atoms with Crippen LogP contribution < -0.4 is 5.73 Å². The van der Waals surface area contributed by atoms with E-state index in [1.807, 2.05) is 12.1 Å². The quantitative estimate of drug-likeness (QED) is 0.869. The molecule has 0 radical (unpaired) electrons. The molecule has 1 heterocycles.